The van der Waals surface area contributed by atoms with Crippen molar-refractivity contribution < 1.29 is 8.42 Å². The van der Waals surface area contributed by atoms with E-state index in [-0.39, 0.29) is 28.4 Å². The van der Waals surface area contributed by atoms with E-state index in [4.69, 9.17) is 17.3 Å². The van der Waals surface area contributed by atoms with Crippen LogP contribution in [0.4, 0.5) is 0 Å². The van der Waals surface area contributed by atoms with Gasteiger partial charge in [0.25, 0.3) is 0 Å². The highest BCUT2D eigenvalue weighted by molar-refractivity contribution is 7.89. The van der Waals surface area contributed by atoms with Gasteiger partial charge >= 0.3 is 0 Å². The summed E-state index contributed by atoms with van der Waals surface area (Å²) in [7, 11) is -3.62. The van der Waals surface area contributed by atoms with Crippen molar-refractivity contribution in [3.8, 4) is 0 Å². The zero-order chi connectivity index (χ0) is 14.8. The van der Waals surface area contributed by atoms with Crippen LogP contribution < -0.4 is 10.5 Å². The predicted octanol–water partition coefficient (Wildman–Crippen LogP) is 2.87. The predicted molar refractivity (Wildman–Crippen MR) is 88.6 cm³/mol. The first kappa shape index (κ1) is 18.7. The molecule has 2 rings (SSSR count). The number of benzene rings is 1. The molecule has 1 aliphatic rings. The van der Waals surface area contributed by atoms with Gasteiger partial charge < -0.3 is 5.73 Å². The average Bonchev–Trinajstić information content (AvgIpc) is 2.93. The molecule has 0 saturated heterocycles. The number of nitrogens with one attached hydrogen (secondary N) is 1. The zero-order valence-corrected chi connectivity index (χ0v) is 14.4. The molecular weight excluding hydrogens is 331 g/mol. The fraction of sp³-hybridized carbons (Fsp3) is 0.571. The second kappa shape index (κ2) is 7.79. The number of rotatable bonds is 5. The molecule has 1 fully saturated rings. The summed E-state index contributed by atoms with van der Waals surface area (Å²) in [5.41, 5.74) is 6.50. The topological polar surface area (TPSA) is 72.2 Å². The lowest BCUT2D eigenvalue weighted by molar-refractivity contribution is 0.405. The monoisotopic (exact) mass is 352 g/mol. The second-order valence-electron chi connectivity index (χ2n) is 5.40. The Balaban J connectivity index is 0.00000220. The van der Waals surface area contributed by atoms with Crippen molar-refractivity contribution >= 4 is 34.0 Å². The smallest absolute Gasteiger partial charge is 0.242 e. The summed E-state index contributed by atoms with van der Waals surface area (Å²) in [5.74, 6) is 0.332. The number of halogens is 2. The standard InChI is InChI=1S/C14H21ClN2O2S.ClH/c1-10-5-4-8-13(14(10)15)20(18,19)17-12(9-16)11-6-2-3-7-11;/h4-5,8,11-12,17H,2-3,6-7,9,16H2,1H3;1H. The Labute approximate surface area is 137 Å². The molecular formula is C14H22Cl2N2O2S. The van der Waals surface area contributed by atoms with Gasteiger partial charge in [-0.3, -0.25) is 0 Å². The molecule has 120 valence electrons. The minimum absolute atomic E-state index is 0. The molecule has 7 heteroatoms. The van der Waals surface area contributed by atoms with E-state index in [1.807, 2.05) is 0 Å². The van der Waals surface area contributed by atoms with Gasteiger partial charge in [0.2, 0.25) is 10.0 Å². The molecule has 0 spiro atoms. The van der Waals surface area contributed by atoms with Crippen molar-refractivity contribution in [2.75, 3.05) is 6.54 Å². The van der Waals surface area contributed by atoms with Gasteiger partial charge in [-0.05, 0) is 37.3 Å². The van der Waals surface area contributed by atoms with Crippen LogP contribution in [0.15, 0.2) is 23.1 Å². The highest BCUT2D eigenvalue weighted by Crippen LogP contribution is 2.29. The van der Waals surface area contributed by atoms with Crippen LogP contribution in [-0.2, 0) is 10.0 Å². The van der Waals surface area contributed by atoms with E-state index in [0.29, 0.717) is 12.5 Å². The quantitative estimate of drug-likeness (QED) is 0.855. The lowest BCUT2D eigenvalue weighted by Crippen LogP contribution is -2.44. The van der Waals surface area contributed by atoms with Crippen LogP contribution in [0.3, 0.4) is 0 Å². The molecule has 1 saturated carbocycles. The van der Waals surface area contributed by atoms with E-state index in [1.165, 1.54) is 6.07 Å². The van der Waals surface area contributed by atoms with Crippen molar-refractivity contribution in [1.82, 2.24) is 4.72 Å². The van der Waals surface area contributed by atoms with Crippen molar-refractivity contribution in [1.29, 1.82) is 0 Å². The number of aryl methyl sites for hydroxylation is 1. The van der Waals surface area contributed by atoms with Gasteiger partial charge in [-0.2, -0.15) is 0 Å². The van der Waals surface area contributed by atoms with Crippen LogP contribution >= 0.6 is 24.0 Å². The van der Waals surface area contributed by atoms with Gasteiger partial charge in [-0.1, -0.05) is 36.6 Å². The van der Waals surface area contributed by atoms with Gasteiger partial charge in [0, 0.05) is 12.6 Å². The normalized spacial score (nSPS) is 17.5. The highest BCUT2D eigenvalue weighted by atomic mass is 35.5. The number of sulfonamides is 1. The summed E-state index contributed by atoms with van der Waals surface area (Å²) < 4.78 is 27.7. The minimum Gasteiger partial charge on any atom is -0.329 e. The van der Waals surface area contributed by atoms with Crippen molar-refractivity contribution in [3.05, 3.63) is 28.8 Å². The summed E-state index contributed by atoms with van der Waals surface area (Å²) in [6.45, 7) is 2.10. The Bertz CT molecular complexity index is 572. The van der Waals surface area contributed by atoms with Crippen LogP contribution in [0.1, 0.15) is 31.2 Å². The Hall–Kier alpha value is -0.330. The maximum Gasteiger partial charge on any atom is 0.242 e. The largest absolute Gasteiger partial charge is 0.329 e. The molecule has 0 radical (unpaired) electrons. The highest BCUT2D eigenvalue weighted by Gasteiger charge is 2.29. The average molecular weight is 353 g/mol. The van der Waals surface area contributed by atoms with Crippen LogP contribution in [0.2, 0.25) is 5.02 Å². The maximum atomic E-state index is 12.5. The number of hydrogen-bond acceptors (Lipinski definition) is 3. The molecule has 0 aliphatic heterocycles. The van der Waals surface area contributed by atoms with E-state index >= 15 is 0 Å². The first-order valence-electron chi connectivity index (χ1n) is 6.93. The summed E-state index contributed by atoms with van der Waals surface area (Å²) >= 11 is 6.11. The van der Waals surface area contributed by atoms with E-state index in [9.17, 15) is 8.42 Å². The Morgan fingerprint density at radius 1 is 1.38 bits per heavy atom. The summed E-state index contributed by atoms with van der Waals surface area (Å²) in [6, 6.07) is 4.81. The summed E-state index contributed by atoms with van der Waals surface area (Å²) in [5, 5.41) is 0.280. The molecule has 0 amide bonds. The maximum absolute atomic E-state index is 12.5. The first-order valence-corrected chi connectivity index (χ1v) is 8.79. The third-order valence-corrected chi connectivity index (χ3v) is 6.12. The van der Waals surface area contributed by atoms with Gasteiger partial charge in [0.15, 0.2) is 0 Å². The molecule has 21 heavy (non-hydrogen) atoms. The Kier molecular flexibility index (Phi) is 6.94. The SMILES string of the molecule is Cc1cccc(S(=O)(=O)NC(CN)C2CCCC2)c1Cl.Cl. The lowest BCUT2D eigenvalue weighted by Gasteiger charge is -2.23. The molecule has 4 nitrogen and oxygen atoms in total. The molecule has 1 aromatic rings. The molecule has 1 aromatic carbocycles. The van der Waals surface area contributed by atoms with Gasteiger partial charge in [-0.15, -0.1) is 12.4 Å². The van der Waals surface area contributed by atoms with Crippen LogP contribution in [0.25, 0.3) is 0 Å². The van der Waals surface area contributed by atoms with Gasteiger partial charge in [-0.25, -0.2) is 13.1 Å². The fourth-order valence-electron chi connectivity index (χ4n) is 2.79. The molecule has 0 aromatic heterocycles. The Morgan fingerprint density at radius 3 is 2.57 bits per heavy atom. The molecule has 1 atom stereocenters. The first-order chi connectivity index (χ1) is 9.45. The molecule has 3 N–H and O–H groups in total. The third-order valence-electron chi connectivity index (χ3n) is 3.98. The van der Waals surface area contributed by atoms with Gasteiger partial charge in [0.05, 0.1) is 5.02 Å². The molecule has 1 unspecified atom stereocenters. The van der Waals surface area contributed by atoms with Crippen molar-refractivity contribution in [3.63, 3.8) is 0 Å². The lowest BCUT2D eigenvalue weighted by atomic mass is 9.99. The number of hydrogen-bond donors (Lipinski definition) is 2. The van der Waals surface area contributed by atoms with Crippen molar-refractivity contribution in [2.24, 2.45) is 11.7 Å². The van der Waals surface area contributed by atoms with E-state index < -0.39 is 10.0 Å². The van der Waals surface area contributed by atoms with Gasteiger partial charge in [0.1, 0.15) is 4.90 Å². The zero-order valence-electron chi connectivity index (χ0n) is 12.0. The fourth-order valence-corrected chi connectivity index (χ4v) is 4.69. The van der Waals surface area contributed by atoms with Crippen molar-refractivity contribution in [2.45, 2.75) is 43.5 Å². The van der Waals surface area contributed by atoms with E-state index in [1.54, 1.807) is 19.1 Å². The van der Waals surface area contributed by atoms with Crippen LogP contribution in [0, 0.1) is 12.8 Å². The minimum atomic E-state index is -3.62. The summed E-state index contributed by atoms with van der Waals surface area (Å²) in [6.07, 6.45) is 4.36. The van der Waals surface area contributed by atoms with Crippen LogP contribution in [-0.4, -0.2) is 21.0 Å². The number of nitrogens with two attached hydrogens (primary N) is 1. The second-order valence-corrected chi connectivity index (χ2v) is 7.46. The van der Waals surface area contributed by atoms with E-state index in [0.717, 1.165) is 31.2 Å². The van der Waals surface area contributed by atoms with Crippen LogP contribution in [0.5, 0.6) is 0 Å². The molecule has 0 bridgehead atoms. The van der Waals surface area contributed by atoms with E-state index in [2.05, 4.69) is 4.72 Å². The molecule has 1 aliphatic carbocycles. The third kappa shape index (κ3) is 4.33. The summed E-state index contributed by atoms with van der Waals surface area (Å²) in [4.78, 5) is 0.135. The Morgan fingerprint density at radius 2 is 2.00 bits per heavy atom. The molecule has 0 heterocycles.